The quantitative estimate of drug-likeness (QED) is 0.517. The predicted octanol–water partition coefficient (Wildman–Crippen LogP) is 2.56. The third kappa shape index (κ3) is 17.7. The molecule has 0 aromatic rings. The highest BCUT2D eigenvalue weighted by molar-refractivity contribution is 7.64. The van der Waals surface area contributed by atoms with Crippen molar-refractivity contribution in [3.8, 4) is 0 Å². The summed E-state index contributed by atoms with van der Waals surface area (Å²) in [6, 6.07) is -1.47. The van der Waals surface area contributed by atoms with Crippen LogP contribution in [0.25, 0.3) is 0 Å². The molecular weight excluding hydrogens is 234 g/mol. The molecule has 0 atom stereocenters. The fraction of sp³-hybridized carbons (Fsp3) is 1.00. The van der Waals surface area contributed by atoms with Crippen LogP contribution < -0.4 is 0 Å². The lowest BCUT2D eigenvalue weighted by atomic mass is 10.6. The highest BCUT2D eigenvalue weighted by atomic mass is 35.8. The second kappa shape index (κ2) is 7.70. The van der Waals surface area contributed by atoms with E-state index < -0.39 is 6.00 Å². The molecule has 0 radical (unpaired) electrons. The van der Waals surface area contributed by atoms with Crippen molar-refractivity contribution in [3.05, 3.63) is 0 Å². The molecule has 0 aliphatic heterocycles. The van der Waals surface area contributed by atoms with Crippen molar-refractivity contribution in [3.63, 3.8) is 0 Å². The van der Waals surface area contributed by atoms with Crippen LogP contribution in [0.2, 0.25) is 6.04 Å². The van der Waals surface area contributed by atoms with E-state index in [0.717, 1.165) is 22.0 Å². The van der Waals surface area contributed by atoms with E-state index in [0.29, 0.717) is 0 Å². The highest BCUT2D eigenvalue weighted by Crippen LogP contribution is 2.25. The Morgan fingerprint density at radius 1 is 1.22 bits per heavy atom. The lowest BCUT2D eigenvalue weighted by Gasteiger charge is -2.01. The normalized spacial score (nSPS) is 10.3. The Labute approximate surface area is 79.1 Å². The molecule has 0 N–H and O–H groups in total. The maximum absolute atomic E-state index is 5.50. The van der Waals surface area contributed by atoms with Crippen LogP contribution in [0.5, 0.6) is 0 Å². The van der Waals surface area contributed by atoms with Gasteiger partial charge in [0.15, 0.2) is 0 Å². The lowest BCUT2D eigenvalue weighted by Crippen LogP contribution is -2.06. The maximum atomic E-state index is 5.50. The first-order valence-electron chi connectivity index (χ1n) is 2.51. The van der Waals surface area contributed by atoms with Gasteiger partial charge in [-0.25, -0.2) is 0 Å². The molecule has 0 saturated heterocycles. The van der Waals surface area contributed by atoms with Gasteiger partial charge in [0, 0.05) is 0 Å². The molecule has 6 heteroatoms. The number of hydrogen-bond donors (Lipinski definition) is 0. The van der Waals surface area contributed by atoms with Crippen molar-refractivity contribution in [2.75, 3.05) is 0 Å². The summed E-state index contributed by atoms with van der Waals surface area (Å²) in [6.07, 6.45) is 0.975. The molecule has 0 amide bonds. The monoisotopic (exact) mass is 242 g/mol. The summed E-state index contributed by atoms with van der Waals surface area (Å²) in [5.74, 6) is 0. The molecule has 0 aromatic carbocycles. The summed E-state index contributed by atoms with van der Waals surface area (Å²) in [6.45, 7) is 2.01. The molecule has 0 aromatic heterocycles. The van der Waals surface area contributed by atoms with Crippen LogP contribution in [-0.4, -0.2) is 15.6 Å². The first kappa shape index (κ1) is 13.2. The van der Waals surface area contributed by atoms with Gasteiger partial charge in [-0.3, -0.25) is 0 Å². The molecule has 58 valence electrons. The van der Waals surface area contributed by atoms with Gasteiger partial charge < -0.3 is 0 Å². The van der Waals surface area contributed by atoms with Crippen LogP contribution in [0.4, 0.5) is 0 Å². The predicted molar refractivity (Wildman–Crippen MR) is 54.2 cm³/mol. The van der Waals surface area contributed by atoms with Gasteiger partial charge in [0.05, 0.1) is 0 Å². The molecule has 0 nitrogen and oxygen atoms in total. The summed E-state index contributed by atoms with van der Waals surface area (Å²) in [7, 11) is 0.778. The minimum atomic E-state index is -2.24. The molecule has 0 unspecified atom stereocenters. The summed E-state index contributed by atoms with van der Waals surface area (Å²) < 4.78 is 0. The second-order valence-electron chi connectivity index (χ2n) is 1.37. The van der Waals surface area contributed by atoms with Gasteiger partial charge in [-0.1, -0.05) is 13.3 Å². The van der Waals surface area contributed by atoms with Crippen LogP contribution in [0, 0.1) is 0 Å². The Bertz CT molecular complexity index is 52.3. The number of halogens is 4. The number of hydrogen-bond acceptors (Lipinski definition) is 0. The molecule has 0 bridgehead atoms. The fourth-order valence-corrected chi connectivity index (χ4v) is 2.55. The van der Waals surface area contributed by atoms with E-state index in [1.54, 1.807) is 0 Å². The molecule has 0 fully saturated rings. The zero-order valence-electron chi connectivity index (χ0n) is 5.43. The van der Waals surface area contributed by atoms with Crippen LogP contribution in [-0.2, 0) is 0 Å². The average Bonchev–Trinajstić information content (AvgIpc) is 1.69. The van der Waals surface area contributed by atoms with E-state index in [4.69, 9.17) is 44.3 Å². The zero-order chi connectivity index (χ0) is 7.91. The SMILES string of the molecule is CCC[Si](Cl)(Cl)Cl.[SiH3]Cl. The minimum Gasteiger partial charge on any atom is -0.181 e. The van der Waals surface area contributed by atoms with Gasteiger partial charge in [0.25, 0.3) is 0 Å². The van der Waals surface area contributed by atoms with Gasteiger partial charge in [-0.2, -0.15) is 11.1 Å². The highest BCUT2D eigenvalue weighted by Gasteiger charge is 2.22. The van der Waals surface area contributed by atoms with E-state index in [9.17, 15) is 0 Å². The molecular formula is C3H10Cl4Si2. The first-order valence-corrected chi connectivity index (χ1v) is 10.8. The molecule has 0 heterocycles. The molecule has 0 spiro atoms. The Morgan fingerprint density at radius 3 is 1.56 bits per heavy atom. The van der Waals surface area contributed by atoms with E-state index in [1.807, 2.05) is 6.92 Å². The molecule has 0 saturated carbocycles. The Balaban J connectivity index is 0. The average molecular weight is 244 g/mol. The van der Waals surface area contributed by atoms with Crippen LogP contribution >= 0.6 is 44.3 Å². The molecule has 9 heavy (non-hydrogen) atoms. The van der Waals surface area contributed by atoms with Crippen molar-refractivity contribution in [2.24, 2.45) is 0 Å². The van der Waals surface area contributed by atoms with Gasteiger partial charge in [0.1, 0.15) is 9.55 Å². The topological polar surface area (TPSA) is 0 Å². The smallest absolute Gasteiger partial charge is 0.181 e. The van der Waals surface area contributed by atoms with E-state index >= 15 is 0 Å². The van der Waals surface area contributed by atoms with Crippen molar-refractivity contribution in [2.45, 2.75) is 19.4 Å². The second-order valence-corrected chi connectivity index (χ2v) is 10.6. The standard InChI is InChI=1S/C3H7Cl3Si.ClH3Si/c1-2-3-7(4,5)6;1-2/h2-3H2,1H3;2H3. The van der Waals surface area contributed by atoms with E-state index in [2.05, 4.69) is 0 Å². The van der Waals surface area contributed by atoms with Crippen molar-refractivity contribution in [1.82, 2.24) is 0 Å². The van der Waals surface area contributed by atoms with Crippen molar-refractivity contribution in [1.29, 1.82) is 0 Å². The van der Waals surface area contributed by atoms with Crippen molar-refractivity contribution >= 4 is 59.9 Å². The zero-order valence-corrected chi connectivity index (χ0v) is 11.4. The lowest BCUT2D eigenvalue weighted by molar-refractivity contribution is 1.07. The van der Waals surface area contributed by atoms with Crippen LogP contribution in [0.15, 0.2) is 0 Å². The maximum Gasteiger partial charge on any atom is 0.341 e. The Morgan fingerprint density at radius 2 is 1.56 bits per heavy atom. The Kier molecular flexibility index (Phi) is 11.3. The van der Waals surface area contributed by atoms with Gasteiger partial charge >= 0.3 is 6.00 Å². The van der Waals surface area contributed by atoms with Crippen LogP contribution in [0.1, 0.15) is 13.3 Å². The molecule has 0 aliphatic rings. The van der Waals surface area contributed by atoms with E-state index in [-0.39, 0.29) is 0 Å². The van der Waals surface area contributed by atoms with Gasteiger partial charge in [-0.05, 0) is 6.04 Å². The van der Waals surface area contributed by atoms with Crippen LogP contribution in [0.3, 0.4) is 0 Å². The number of rotatable bonds is 2. The largest absolute Gasteiger partial charge is 0.341 e. The third-order valence-corrected chi connectivity index (χ3v) is 3.30. The summed E-state index contributed by atoms with van der Waals surface area (Å²) >= 11 is 21.3. The first-order chi connectivity index (χ1) is 4.06. The van der Waals surface area contributed by atoms with Gasteiger partial charge in [0.2, 0.25) is 0 Å². The summed E-state index contributed by atoms with van der Waals surface area (Å²) in [4.78, 5) is 0. The molecule has 0 aliphatic carbocycles. The van der Waals surface area contributed by atoms with Gasteiger partial charge in [-0.15, -0.1) is 33.2 Å². The van der Waals surface area contributed by atoms with E-state index in [1.165, 1.54) is 0 Å². The summed E-state index contributed by atoms with van der Waals surface area (Å²) in [5.41, 5.74) is 0. The Hall–Kier alpha value is 1.59. The van der Waals surface area contributed by atoms with Crippen molar-refractivity contribution < 1.29 is 0 Å². The third-order valence-electron chi connectivity index (χ3n) is 0.533. The molecule has 0 rings (SSSR count). The minimum absolute atomic E-state index is 0.775. The fourth-order valence-electron chi connectivity index (χ4n) is 0.283. The summed E-state index contributed by atoms with van der Waals surface area (Å²) in [5, 5.41) is 0.